The Hall–Kier alpha value is -0.370. The largest absolute Gasteiger partial charge is 0.300 e. The van der Waals surface area contributed by atoms with Crippen molar-refractivity contribution in [1.82, 2.24) is 4.90 Å². The van der Waals surface area contributed by atoms with E-state index in [-0.39, 0.29) is 11.8 Å². The minimum atomic E-state index is 0.134. The van der Waals surface area contributed by atoms with Crippen molar-refractivity contribution in [2.24, 2.45) is 0 Å². The Bertz CT molecular complexity index is 121. The second kappa shape index (κ2) is 5.30. The van der Waals surface area contributed by atoms with Gasteiger partial charge in [-0.15, -0.1) is 0 Å². The minimum absolute atomic E-state index is 0.134. The molecule has 0 amide bonds. The first kappa shape index (κ1) is 10.6. The lowest BCUT2D eigenvalue weighted by molar-refractivity contribution is -0.121. The molecule has 0 saturated heterocycles. The van der Waals surface area contributed by atoms with E-state index in [9.17, 15) is 4.79 Å². The van der Waals surface area contributed by atoms with Gasteiger partial charge < -0.3 is 0 Å². The SMILES string of the molecule is CCCC[C@H](C(C)=O)N(C)C. The van der Waals surface area contributed by atoms with E-state index in [4.69, 9.17) is 0 Å². The van der Waals surface area contributed by atoms with Crippen molar-refractivity contribution in [1.29, 1.82) is 0 Å². The first-order valence-corrected chi connectivity index (χ1v) is 4.26. The minimum Gasteiger partial charge on any atom is -0.300 e. The summed E-state index contributed by atoms with van der Waals surface area (Å²) in [6.45, 7) is 3.81. The molecule has 66 valence electrons. The van der Waals surface area contributed by atoms with Crippen LogP contribution in [0.15, 0.2) is 0 Å². The molecule has 0 fully saturated rings. The van der Waals surface area contributed by atoms with Gasteiger partial charge in [0.1, 0.15) is 5.78 Å². The number of carbonyl (C=O) groups is 1. The van der Waals surface area contributed by atoms with E-state index in [1.165, 1.54) is 0 Å². The molecule has 0 spiro atoms. The summed E-state index contributed by atoms with van der Waals surface area (Å²) in [7, 11) is 3.92. The van der Waals surface area contributed by atoms with Gasteiger partial charge in [-0.2, -0.15) is 0 Å². The second-order valence-electron chi connectivity index (χ2n) is 3.23. The summed E-state index contributed by atoms with van der Waals surface area (Å²) < 4.78 is 0. The summed E-state index contributed by atoms with van der Waals surface area (Å²) in [5, 5.41) is 0. The number of rotatable bonds is 5. The van der Waals surface area contributed by atoms with Crippen LogP contribution in [0.5, 0.6) is 0 Å². The van der Waals surface area contributed by atoms with E-state index in [0.29, 0.717) is 0 Å². The van der Waals surface area contributed by atoms with E-state index in [0.717, 1.165) is 19.3 Å². The van der Waals surface area contributed by atoms with Crippen LogP contribution in [0.25, 0.3) is 0 Å². The number of likely N-dealkylation sites (N-methyl/N-ethyl adjacent to an activating group) is 1. The summed E-state index contributed by atoms with van der Waals surface area (Å²) in [6, 6.07) is 0.134. The summed E-state index contributed by atoms with van der Waals surface area (Å²) >= 11 is 0. The van der Waals surface area contributed by atoms with Crippen LogP contribution in [0, 0.1) is 0 Å². The summed E-state index contributed by atoms with van der Waals surface area (Å²) in [5.41, 5.74) is 0. The Balaban J connectivity index is 3.80. The first-order chi connectivity index (χ1) is 5.09. The maximum Gasteiger partial charge on any atom is 0.146 e. The molecule has 0 N–H and O–H groups in total. The molecule has 0 aromatic heterocycles. The highest BCUT2D eigenvalue weighted by molar-refractivity contribution is 5.81. The van der Waals surface area contributed by atoms with Crippen LogP contribution in [0.3, 0.4) is 0 Å². The Kier molecular flexibility index (Phi) is 5.12. The molecule has 0 unspecified atom stereocenters. The fourth-order valence-electron chi connectivity index (χ4n) is 1.22. The molecule has 0 heterocycles. The highest BCUT2D eigenvalue weighted by Crippen LogP contribution is 2.06. The van der Waals surface area contributed by atoms with Crippen LogP contribution in [0.2, 0.25) is 0 Å². The van der Waals surface area contributed by atoms with Gasteiger partial charge in [-0.1, -0.05) is 19.8 Å². The zero-order chi connectivity index (χ0) is 8.85. The number of hydrogen-bond acceptors (Lipinski definition) is 2. The van der Waals surface area contributed by atoms with Crippen molar-refractivity contribution in [3.05, 3.63) is 0 Å². The lowest BCUT2D eigenvalue weighted by Crippen LogP contribution is -2.34. The molecule has 2 heteroatoms. The van der Waals surface area contributed by atoms with Gasteiger partial charge in [0.05, 0.1) is 6.04 Å². The predicted octanol–water partition coefficient (Wildman–Crippen LogP) is 1.70. The van der Waals surface area contributed by atoms with Gasteiger partial charge in [-0.3, -0.25) is 9.69 Å². The van der Waals surface area contributed by atoms with E-state index >= 15 is 0 Å². The lowest BCUT2D eigenvalue weighted by atomic mass is 10.1. The van der Waals surface area contributed by atoms with Gasteiger partial charge in [-0.25, -0.2) is 0 Å². The first-order valence-electron chi connectivity index (χ1n) is 4.26. The Labute approximate surface area is 69.6 Å². The van der Waals surface area contributed by atoms with Gasteiger partial charge in [0.15, 0.2) is 0 Å². The molecule has 0 aliphatic rings. The molecule has 1 atom stereocenters. The molecule has 0 aromatic rings. The molecular formula is C9H19NO. The molecule has 2 nitrogen and oxygen atoms in total. The van der Waals surface area contributed by atoms with Gasteiger partial charge in [-0.05, 0) is 27.4 Å². The molecule has 0 aromatic carbocycles. The van der Waals surface area contributed by atoms with E-state index in [2.05, 4.69) is 6.92 Å². The molecule has 11 heavy (non-hydrogen) atoms. The third-order valence-electron chi connectivity index (χ3n) is 1.92. The predicted molar refractivity (Wildman–Crippen MR) is 47.7 cm³/mol. The van der Waals surface area contributed by atoms with Crippen LogP contribution < -0.4 is 0 Å². The molecule has 0 aliphatic carbocycles. The number of unbranched alkanes of at least 4 members (excludes halogenated alkanes) is 1. The third-order valence-corrected chi connectivity index (χ3v) is 1.92. The van der Waals surface area contributed by atoms with Crippen molar-refractivity contribution in [2.45, 2.75) is 39.2 Å². The van der Waals surface area contributed by atoms with Crippen LogP contribution in [-0.4, -0.2) is 30.8 Å². The number of hydrogen-bond donors (Lipinski definition) is 0. The Morgan fingerprint density at radius 3 is 2.27 bits per heavy atom. The highest BCUT2D eigenvalue weighted by Gasteiger charge is 2.14. The van der Waals surface area contributed by atoms with Gasteiger partial charge in [0.2, 0.25) is 0 Å². The van der Waals surface area contributed by atoms with Crippen LogP contribution in [-0.2, 0) is 4.79 Å². The van der Waals surface area contributed by atoms with Crippen molar-refractivity contribution in [3.63, 3.8) is 0 Å². The smallest absolute Gasteiger partial charge is 0.146 e. The van der Waals surface area contributed by atoms with Crippen LogP contribution >= 0.6 is 0 Å². The molecular weight excluding hydrogens is 138 g/mol. The zero-order valence-electron chi connectivity index (χ0n) is 8.05. The van der Waals surface area contributed by atoms with Gasteiger partial charge in [0, 0.05) is 0 Å². The summed E-state index contributed by atoms with van der Waals surface area (Å²) in [4.78, 5) is 13.0. The van der Waals surface area contributed by atoms with Crippen molar-refractivity contribution in [3.8, 4) is 0 Å². The number of Topliss-reactive ketones (excluding diaryl/α,β-unsaturated/α-hetero) is 1. The fraction of sp³-hybridized carbons (Fsp3) is 0.889. The Morgan fingerprint density at radius 1 is 1.45 bits per heavy atom. The number of nitrogens with zero attached hydrogens (tertiary/aromatic N) is 1. The second-order valence-corrected chi connectivity index (χ2v) is 3.23. The van der Waals surface area contributed by atoms with Crippen molar-refractivity contribution >= 4 is 5.78 Å². The topological polar surface area (TPSA) is 20.3 Å². The molecule has 0 aliphatic heterocycles. The van der Waals surface area contributed by atoms with Gasteiger partial charge in [0.25, 0.3) is 0 Å². The van der Waals surface area contributed by atoms with E-state index < -0.39 is 0 Å². The van der Waals surface area contributed by atoms with Crippen molar-refractivity contribution < 1.29 is 4.79 Å². The van der Waals surface area contributed by atoms with E-state index in [1.807, 2.05) is 19.0 Å². The molecule has 0 bridgehead atoms. The molecule has 0 saturated carbocycles. The fourth-order valence-corrected chi connectivity index (χ4v) is 1.22. The van der Waals surface area contributed by atoms with Crippen molar-refractivity contribution in [2.75, 3.05) is 14.1 Å². The van der Waals surface area contributed by atoms with Crippen LogP contribution in [0.4, 0.5) is 0 Å². The average Bonchev–Trinajstić information content (AvgIpc) is 1.87. The maximum absolute atomic E-state index is 11.0. The lowest BCUT2D eigenvalue weighted by Gasteiger charge is -2.20. The number of carbonyl (C=O) groups excluding carboxylic acids is 1. The van der Waals surface area contributed by atoms with Crippen LogP contribution in [0.1, 0.15) is 33.1 Å². The standard InChI is InChI=1S/C9H19NO/c1-5-6-7-9(8(2)11)10(3)4/h9H,5-7H2,1-4H3/t9-/m1/s1. The summed E-state index contributed by atoms with van der Waals surface area (Å²) in [5.74, 6) is 0.281. The maximum atomic E-state index is 11.0. The number of ketones is 1. The average molecular weight is 157 g/mol. The monoisotopic (exact) mass is 157 g/mol. The highest BCUT2D eigenvalue weighted by atomic mass is 16.1. The zero-order valence-corrected chi connectivity index (χ0v) is 8.05. The van der Waals surface area contributed by atoms with E-state index in [1.54, 1.807) is 6.92 Å². The molecule has 0 radical (unpaired) electrons. The quantitative estimate of drug-likeness (QED) is 0.605. The molecule has 0 rings (SSSR count). The normalized spacial score (nSPS) is 13.5. The summed E-state index contributed by atoms with van der Waals surface area (Å²) in [6.07, 6.45) is 3.30. The Morgan fingerprint density at radius 2 is 2.00 bits per heavy atom. The third kappa shape index (κ3) is 4.14. The van der Waals surface area contributed by atoms with Gasteiger partial charge >= 0.3 is 0 Å².